The second kappa shape index (κ2) is 6.56. The SMILES string of the molecule is CC1CCC(CNc2ncnc(Cl)c2C(C)C)CC1. The first kappa shape index (κ1) is 14.6. The van der Waals surface area contributed by atoms with Crippen molar-refractivity contribution in [3.63, 3.8) is 0 Å². The molecular weight excluding hydrogens is 258 g/mol. The van der Waals surface area contributed by atoms with Crippen LogP contribution in [0.2, 0.25) is 5.15 Å². The lowest BCUT2D eigenvalue weighted by Crippen LogP contribution is -2.21. The Morgan fingerprint density at radius 2 is 1.95 bits per heavy atom. The second-order valence-electron chi connectivity index (χ2n) is 6.09. The molecule has 2 rings (SSSR count). The molecule has 0 aliphatic heterocycles. The van der Waals surface area contributed by atoms with Gasteiger partial charge in [-0.15, -0.1) is 0 Å². The fourth-order valence-corrected chi connectivity index (χ4v) is 3.15. The lowest BCUT2D eigenvalue weighted by atomic mass is 9.83. The van der Waals surface area contributed by atoms with Gasteiger partial charge in [0.1, 0.15) is 17.3 Å². The van der Waals surface area contributed by atoms with Gasteiger partial charge in [-0.1, -0.05) is 45.2 Å². The van der Waals surface area contributed by atoms with E-state index in [4.69, 9.17) is 11.6 Å². The van der Waals surface area contributed by atoms with Gasteiger partial charge in [-0.05, 0) is 30.6 Å². The summed E-state index contributed by atoms with van der Waals surface area (Å²) in [6.45, 7) is 7.60. The van der Waals surface area contributed by atoms with Crippen molar-refractivity contribution >= 4 is 17.4 Å². The van der Waals surface area contributed by atoms with E-state index < -0.39 is 0 Å². The molecule has 0 aromatic carbocycles. The van der Waals surface area contributed by atoms with Crippen LogP contribution in [-0.4, -0.2) is 16.5 Å². The molecule has 0 saturated heterocycles. The molecule has 1 aromatic heterocycles. The van der Waals surface area contributed by atoms with Crippen molar-refractivity contribution in [3.05, 3.63) is 17.0 Å². The molecule has 106 valence electrons. The Hall–Kier alpha value is -0.830. The Balaban J connectivity index is 1.98. The Morgan fingerprint density at radius 1 is 1.26 bits per heavy atom. The minimum absolute atomic E-state index is 0.336. The van der Waals surface area contributed by atoms with Crippen molar-refractivity contribution in [3.8, 4) is 0 Å². The highest BCUT2D eigenvalue weighted by molar-refractivity contribution is 6.30. The summed E-state index contributed by atoms with van der Waals surface area (Å²) in [4.78, 5) is 8.43. The molecule has 1 saturated carbocycles. The maximum absolute atomic E-state index is 6.17. The minimum atomic E-state index is 0.336. The summed E-state index contributed by atoms with van der Waals surface area (Å²) < 4.78 is 0. The number of rotatable bonds is 4. The van der Waals surface area contributed by atoms with E-state index in [9.17, 15) is 0 Å². The third-order valence-corrected chi connectivity index (χ3v) is 4.41. The highest BCUT2D eigenvalue weighted by Gasteiger charge is 2.19. The van der Waals surface area contributed by atoms with Crippen LogP contribution in [0.25, 0.3) is 0 Å². The third-order valence-electron chi connectivity index (χ3n) is 4.11. The molecular formula is C15H24ClN3. The van der Waals surface area contributed by atoms with Gasteiger partial charge in [0, 0.05) is 12.1 Å². The number of halogens is 1. The predicted octanol–water partition coefficient (Wildman–Crippen LogP) is 4.49. The first-order chi connectivity index (χ1) is 9.08. The van der Waals surface area contributed by atoms with Gasteiger partial charge < -0.3 is 5.32 Å². The lowest BCUT2D eigenvalue weighted by molar-refractivity contribution is 0.300. The van der Waals surface area contributed by atoms with Crippen LogP contribution < -0.4 is 5.32 Å². The standard InChI is InChI=1S/C15H24ClN3/c1-10(2)13-14(16)18-9-19-15(13)17-8-12-6-4-11(3)5-7-12/h9-12H,4-8H2,1-3H3,(H,17,18,19). The molecule has 0 atom stereocenters. The number of anilines is 1. The highest BCUT2D eigenvalue weighted by Crippen LogP contribution is 2.31. The van der Waals surface area contributed by atoms with E-state index >= 15 is 0 Å². The van der Waals surface area contributed by atoms with Crippen LogP contribution in [0.15, 0.2) is 6.33 Å². The van der Waals surface area contributed by atoms with E-state index in [-0.39, 0.29) is 0 Å². The largest absolute Gasteiger partial charge is 0.369 e. The molecule has 0 unspecified atom stereocenters. The number of nitrogens with one attached hydrogen (secondary N) is 1. The first-order valence-corrected chi connectivity index (χ1v) is 7.70. The number of nitrogens with zero attached hydrogens (tertiary/aromatic N) is 2. The molecule has 1 aromatic rings. The number of hydrogen-bond acceptors (Lipinski definition) is 3. The lowest BCUT2D eigenvalue weighted by Gasteiger charge is -2.27. The van der Waals surface area contributed by atoms with E-state index in [0.717, 1.165) is 29.8 Å². The summed E-state index contributed by atoms with van der Waals surface area (Å²) in [6, 6.07) is 0. The Bertz CT molecular complexity index is 412. The van der Waals surface area contributed by atoms with Crippen molar-refractivity contribution in [2.45, 2.75) is 52.4 Å². The van der Waals surface area contributed by atoms with Crippen molar-refractivity contribution in [1.82, 2.24) is 9.97 Å². The molecule has 1 heterocycles. The summed E-state index contributed by atoms with van der Waals surface area (Å²) in [7, 11) is 0. The number of aromatic nitrogens is 2. The fraction of sp³-hybridized carbons (Fsp3) is 0.733. The van der Waals surface area contributed by atoms with Gasteiger partial charge in [0.25, 0.3) is 0 Å². The Labute approximate surface area is 121 Å². The summed E-state index contributed by atoms with van der Waals surface area (Å²) in [5.74, 6) is 2.91. The molecule has 0 amide bonds. The third kappa shape index (κ3) is 3.82. The van der Waals surface area contributed by atoms with E-state index in [1.54, 1.807) is 6.33 Å². The molecule has 1 aliphatic carbocycles. The molecule has 0 spiro atoms. The second-order valence-corrected chi connectivity index (χ2v) is 6.45. The average molecular weight is 282 g/mol. The van der Waals surface area contributed by atoms with Gasteiger partial charge in [-0.2, -0.15) is 0 Å². The predicted molar refractivity (Wildman–Crippen MR) is 80.7 cm³/mol. The highest BCUT2D eigenvalue weighted by atomic mass is 35.5. The average Bonchev–Trinajstić information content (AvgIpc) is 2.37. The minimum Gasteiger partial charge on any atom is -0.369 e. The van der Waals surface area contributed by atoms with Gasteiger partial charge in [-0.25, -0.2) is 9.97 Å². The van der Waals surface area contributed by atoms with Gasteiger partial charge in [0.2, 0.25) is 0 Å². The van der Waals surface area contributed by atoms with Crippen LogP contribution in [0.1, 0.15) is 57.9 Å². The molecule has 0 radical (unpaired) electrons. The van der Waals surface area contributed by atoms with Crippen molar-refractivity contribution in [2.24, 2.45) is 11.8 Å². The molecule has 19 heavy (non-hydrogen) atoms. The molecule has 1 aliphatic rings. The molecule has 1 N–H and O–H groups in total. The zero-order valence-corrected chi connectivity index (χ0v) is 12.9. The van der Waals surface area contributed by atoms with Gasteiger partial charge in [-0.3, -0.25) is 0 Å². The van der Waals surface area contributed by atoms with E-state index in [2.05, 4.69) is 36.1 Å². The summed E-state index contributed by atoms with van der Waals surface area (Å²) in [5, 5.41) is 4.06. The smallest absolute Gasteiger partial charge is 0.138 e. The van der Waals surface area contributed by atoms with Crippen molar-refractivity contribution in [2.75, 3.05) is 11.9 Å². The summed E-state index contributed by atoms with van der Waals surface area (Å²) in [5.41, 5.74) is 1.04. The zero-order chi connectivity index (χ0) is 13.8. The van der Waals surface area contributed by atoms with E-state index in [0.29, 0.717) is 11.1 Å². The van der Waals surface area contributed by atoms with Crippen molar-refractivity contribution < 1.29 is 0 Å². The normalized spacial score (nSPS) is 23.6. The van der Waals surface area contributed by atoms with Crippen LogP contribution in [-0.2, 0) is 0 Å². The van der Waals surface area contributed by atoms with Gasteiger partial charge >= 0.3 is 0 Å². The molecule has 0 bridgehead atoms. The van der Waals surface area contributed by atoms with Gasteiger partial charge in [0.05, 0.1) is 0 Å². The Kier molecular flexibility index (Phi) is 5.03. The van der Waals surface area contributed by atoms with Gasteiger partial charge in [0.15, 0.2) is 0 Å². The van der Waals surface area contributed by atoms with Crippen LogP contribution in [0, 0.1) is 11.8 Å². The molecule has 3 nitrogen and oxygen atoms in total. The van der Waals surface area contributed by atoms with E-state index in [1.165, 1.54) is 25.7 Å². The van der Waals surface area contributed by atoms with Crippen LogP contribution >= 0.6 is 11.6 Å². The van der Waals surface area contributed by atoms with Crippen molar-refractivity contribution in [1.29, 1.82) is 0 Å². The quantitative estimate of drug-likeness (QED) is 0.826. The van der Waals surface area contributed by atoms with Crippen LogP contribution in [0.4, 0.5) is 5.82 Å². The first-order valence-electron chi connectivity index (χ1n) is 7.32. The van der Waals surface area contributed by atoms with Crippen LogP contribution in [0.3, 0.4) is 0 Å². The van der Waals surface area contributed by atoms with Crippen LogP contribution in [0.5, 0.6) is 0 Å². The zero-order valence-electron chi connectivity index (χ0n) is 12.1. The molecule has 4 heteroatoms. The monoisotopic (exact) mass is 281 g/mol. The topological polar surface area (TPSA) is 37.8 Å². The summed E-state index contributed by atoms with van der Waals surface area (Å²) in [6.07, 6.45) is 6.90. The maximum Gasteiger partial charge on any atom is 0.138 e. The summed E-state index contributed by atoms with van der Waals surface area (Å²) >= 11 is 6.17. The molecule has 1 fully saturated rings. The van der Waals surface area contributed by atoms with E-state index in [1.807, 2.05) is 0 Å². The number of hydrogen-bond donors (Lipinski definition) is 1. The maximum atomic E-state index is 6.17. The Morgan fingerprint density at radius 3 is 2.58 bits per heavy atom. The fourth-order valence-electron chi connectivity index (χ4n) is 2.80.